The standard InChI is InChI=1S/C11H23N3O/c1-10-8-14(5-4-13(10)2)9-11-7-12-3-6-15-11/h10-12H,3-9H2,1-2H3. The number of piperazine rings is 1. The molecule has 88 valence electrons. The Morgan fingerprint density at radius 2 is 2.27 bits per heavy atom. The fraction of sp³-hybridized carbons (Fsp3) is 1.00. The molecule has 4 nitrogen and oxygen atoms in total. The first-order valence-electron chi connectivity index (χ1n) is 6.00. The van der Waals surface area contributed by atoms with Gasteiger partial charge in [0.2, 0.25) is 0 Å². The van der Waals surface area contributed by atoms with E-state index in [9.17, 15) is 0 Å². The predicted octanol–water partition coefficient (Wildman–Crippen LogP) is -0.389. The highest BCUT2D eigenvalue weighted by Crippen LogP contribution is 2.08. The van der Waals surface area contributed by atoms with Crippen LogP contribution >= 0.6 is 0 Å². The molecule has 0 amide bonds. The summed E-state index contributed by atoms with van der Waals surface area (Å²) < 4.78 is 5.72. The predicted molar refractivity (Wildman–Crippen MR) is 61.1 cm³/mol. The second kappa shape index (κ2) is 5.25. The molecule has 2 aliphatic rings. The summed E-state index contributed by atoms with van der Waals surface area (Å²) in [6, 6.07) is 0.676. The zero-order valence-corrected chi connectivity index (χ0v) is 9.91. The van der Waals surface area contributed by atoms with E-state index in [4.69, 9.17) is 4.74 Å². The van der Waals surface area contributed by atoms with E-state index in [-0.39, 0.29) is 0 Å². The molecule has 0 saturated carbocycles. The molecule has 2 fully saturated rings. The van der Waals surface area contributed by atoms with Crippen LogP contribution < -0.4 is 5.32 Å². The van der Waals surface area contributed by atoms with Crippen LogP contribution in [0.25, 0.3) is 0 Å². The third-order valence-corrected chi connectivity index (χ3v) is 3.51. The van der Waals surface area contributed by atoms with Crippen molar-refractivity contribution in [2.75, 3.05) is 52.9 Å². The summed E-state index contributed by atoms with van der Waals surface area (Å²) in [5, 5.41) is 3.38. The minimum absolute atomic E-state index is 0.398. The lowest BCUT2D eigenvalue weighted by atomic mass is 10.2. The molecule has 0 spiro atoms. The average molecular weight is 213 g/mol. The smallest absolute Gasteiger partial charge is 0.0826 e. The van der Waals surface area contributed by atoms with Crippen molar-refractivity contribution in [3.05, 3.63) is 0 Å². The first kappa shape index (κ1) is 11.3. The van der Waals surface area contributed by atoms with Crippen LogP contribution in [0.5, 0.6) is 0 Å². The Bertz CT molecular complexity index is 194. The topological polar surface area (TPSA) is 27.7 Å². The largest absolute Gasteiger partial charge is 0.374 e. The van der Waals surface area contributed by atoms with Crippen LogP contribution in [0.4, 0.5) is 0 Å². The summed E-state index contributed by atoms with van der Waals surface area (Å²) in [5.74, 6) is 0. The number of hydrogen-bond acceptors (Lipinski definition) is 4. The van der Waals surface area contributed by atoms with Gasteiger partial charge in [0.25, 0.3) is 0 Å². The van der Waals surface area contributed by atoms with Gasteiger partial charge in [-0.25, -0.2) is 0 Å². The number of nitrogens with one attached hydrogen (secondary N) is 1. The Labute approximate surface area is 92.6 Å². The van der Waals surface area contributed by atoms with Gasteiger partial charge in [-0.05, 0) is 14.0 Å². The van der Waals surface area contributed by atoms with Gasteiger partial charge in [0.05, 0.1) is 12.7 Å². The minimum Gasteiger partial charge on any atom is -0.374 e. The van der Waals surface area contributed by atoms with E-state index in [0.29, 0.717) is 12.1 Å². The number of likely N-dealkylation sites (N-methyl/N-ethyl adjacent to an activating group) is 1. The fourth-order valence-electron chi connectivity index (χ4n) is 2.31. The van der Waals surface area contributed by atoms with Crippen LogP contribution in [-0.4, -0.2) is 74.9 Å². The Kier molecular flexibility index (Phi) is 3.97. The highest BCUT2D eigenvalue weighted by atomic mass is 16.5. The molecule has 0 bridgehead atoms. The lowest BCUT2D eigenvalue weighted by molar-refractivity contribution is -0.00877. The third kappa shape index (κ3) is 3.14. The van der Waals surface area contributed by atoms with Crippen molar-refractivity contribution in [3.63, 3.8) is 0 Å². The van der Waals surface area contributed by atoms with E-state index in [0.717, 1.165) is 26.2 Å². The Hall–Kier alpha value is -0.160. The molecule has 2 atom stereocenters. The molecule has 15 heavy (non-hydrogen) atoms. The molecular weight excluding hydrogens is 190 g/mol. The van der Waals surface area contributed by atoms with Gasteiger partial charge in [0.1, 0.15) is 0 Å². The van der Waals surface area contributed by atoms with Crippen molar-refractivity contribution in [1.29, 1.82) is 0 Å². The molecule has 2 unspecified atom stereocenters. The molecule has 2 aliphatic heterocycles. The zero-order valence-electron chi connectivity index (χ0n) is 9.91. The molecule has 2 rings (SSSR count). The molecule has 2 saturated heterocycles. The van der Waals surface area contributed by atoms with E-state index in [1.165, 1.54) is 19.6 Å². The summed E-state index contributed by atoms with van der Waals surface area (Å²) in [5.41, 5.74) is 0. The molecule has 0 radical (unpaired) electrons. The highest BCUT2D eigenvalue weighted by Gasteiger charge is 2.23. The number of hydrogen-bond donors (Lipinski definition) is 1. The Morgan fingerprint density at radius 3 is 2.93 bits per heavy atom. The lowest BCUT2D eigenvalue weighted by Crippen LogP contribution is -2.54. The SMILES string of the molecule is CC1CN(CC2CNCCO2)CCN1C. The minimum atomic E-state index is 0.398. The maximum atomic E-state index is 5.72. The fourth-order valence-corrected chi connectivity index (χ4v) is 2.31. The monoisotopic (exact) mass is 213 g/mol. The summed E-state index contributed by atoms with van der Waals surface area (Å²) in [6.07, 6.45) is 0.398. The van der Waals surface area contributed by atoms with Gasteiger partial charge in [0, 0.05) is 45.3 Å². The van der Waals surface area contributed by atoms with Crippen molar-refractivity contribution in [2.45, 2.75) is 19.1 Å². The van der Waals surface area contributed by atoms with E-state index in [2.05, 4.69) is 29.1 Å². The van der Waals surface area contributed by atoms with Crippen molar-refractivity contribution in [3.8, 4) is 0 Å². The summed E-state index contributed by atoms with van der Waals surface area (Å²) >= 11 is 0. The molecule has 1 N–H and O–H groups in total. The van der Waals surface area contributed by atoms with Gasteiger partial charge in [-0.2, -0.15) is 0 Å². The number of ether oxygens (including phenoxy) is 1. The van der Waals surface area contributed by atoms with Crippen LogP contribution in [0.3, 0.4) is 0 Å². The summed E-state index contributed by atoms with van der Waals surface area (Å²) in [7, 11) is 2.21. The third-order valence-electron chi connectivity index (χ3n) is 3.51. The molecular formula is C11H23N3O. The van der Waals surface area contributed by atoms with Crippen LogP contribution in [0.1, 0.15) is 6.92 Å². The summed E-state index contributed by atoms with van der Waals surface area (Å²) in [4.78, 5) is 4.96. The van der Waals surface area contributed by atoms with Crippen molar-refractivity contribution in [2.24, 2.45) is 0 Å². The first-order chi connectivity index (χ1) is 7.25. The van der Waals surface area contributed by atoms with E-state index in [1.54, 1.807) is 0 Å². The average Bonchev–Trinajstić information content (AvgIpc) is 2.25. The maximum absolute atomic E-state index is 5.72. The van der Waals surface area contributed by atoms with Gasteiger partial charge >= 0.3 is 0 Å². The number of morpholine rings is 1. The van der Waals surface area contributed by atoms with Crippen molar-refractivity contribution in [1.82, 2.24) is 15.1 Å². The second-order valence-electron chi connectivity index (χ2n) is 4.79. The maximum Gasteiger partial charge on any atom is 0.0826 e. The molecule has 0 aromatic carbocycles. The van der Waals surface area contributed by atoms with Crippen LogP contribution in [0.15, 0.2) is 0 Å². The highest BCUT2D eigenvalue weighted by molar-refractivity contribution is 4.80. The molecule has 4 heteroatoms. The van der Waals surface area contributed by atoms with Crippen LogP contribution in [-0.2, 0) is 4.74 Å². The van der Waals surface area contributed by atoms with E-state index < -0.39 is 0 Å². The normalized spacial score (nSPS) is 35.6. The van der Waals surface area contributed by atoms with Crippen molar-refractivity contribution >= 4 is 0 Å². The van der Waals surface area contributed by atoms with Crippen LogP contribution in [0.2, 0.25) is 0 Å². The molecule has 0 aliphatic carbocycles. The van der Waals surface area contributed by atoms with Gasteiger partial charge in [-0.3, -0.25) is 4.90 Å². The lowest BCUT2D eigenvalue weighted by Gasteiger charge is -2.39. The van der Waals surface area contributed by atoms with Crippen LogP contribution in [0, 0.1) is 0 Å². The second-order valence-corrected chi connectivity index (χ2v) is 4.79. The van der Waals surface area contributed by atoms with Gasteiger partial charge < -0.3 is 15.0 Å². The van der Waals surface area contributed by atoms with E-state index in [1.807, 2.05) is 0 Å². The van der Waals surface area contributed by atoms with Gasteiger partial charge in [0.15, 0.2) is 0 Å². The number of nitrogens with zero attached hydrogens (tertiary/aromatic N) is 2. The van der Waals surface area contributed by atoms with Gasteiger partial charge in [-0.15, -0.1) is 0 Å². The molecule has 0 aromatic heterocycles. The van der Waals surface area contributed by atoms with E-state index >= 15 is 0 Å². The quantitative estimate of drug-likeness (QED) is 0.676. The number of rotatable bonds is 2. The molecule has 2 heterocycles. The molecule has 0 aromatic rings. The first-order valence-corrected chi connectivity index (χ1v) is 6.00. The van der Waals surface area contributed by atoms with Crippen molar-refractivity contribution < 1.29 is 4.74 Å². The zero-order chi connectivity index (χ0) is 10.7. The Balaban J connectivity index is 1.74. The Morgan fingerprint density at radius 1 is 1.40 bits per heavy atom. The van der Waals surface area contributed by atoms with Gasteiger partial charge in [-0.1, -0.05) is 0 Å². The summed E-state index contributed by atoms with van der Waals surface area (Å²) in [6.45, 7) is 9.82.